The van der Waals surface area contributed by atoms with Crippen LogP contribution in [-0.2, 0) is 9.59 Å². The number of nitrogens with zero attached hydrogens (tertiary/aromatic N) is 1. The first-order chi connectivity index (χ1) is 17.7. The van der Waals surface area contributed by atoms with E-state index >= 15 is 0 Å². The third-order valence-corrected chi connectivity index (χ3v) is 6.74. The number of rotatable bonds is 8. The summed E-state index contributed by atoms with van der Waals surface area (Å²) in [4.78, 5) is 29.4. The second-order valence-corrected chi connectivity index (χ2v) is 9.18. The van der Waals surface area contributed by atoms with Crippen LogP contribution in [0.2, 0.25) is 0 Å². The predicted molar refractivity (Wildman–Crippen MR) is 136 cm³/mol. The van der Waals surface area contributed by atoms with E-state index in [-0.39, 0.29) is 31.0 Å². The van der Waals surface area contributed by atoms with Gasteiger partial charge in [0.15, 0.2) is 6.04 Å². The number of fused-ring (bicyclic) bond motifs is 2. The van der Waals surface area contributed by atoms with Gasteiger partial charge in [0.05, 0.1) is 11.8 Å². The molecule has 1 aliphatic carbocycles. The van der Waals surface area contributed by atoms with E-state index in [0.717, 1.165) is 31.2 Å². The number of para-hydroxylation sites is 2. The number of carbonyl (C=O) groups is 2. The summed E-state index contributed by atoms with van der Waals surface area (Å²) in [5, 5.41) is 12.8. The summed E-state index contributed by atoms with van der Waals surface area (Å²) in [7, 11) is 0. The largest absolute Gasteiger partial charge is 0.467 e. The Balaban J connectivity index is 1.57. The third-order valence-electron chi connectivity index (χ3n) is 6.74. The van der Waals surface area contributed by atoms with Gasteiger partial charge >= 0.3 is 0 Å². The smallest absolute Gasteiger partial charge is 0.255 e. The molecular weight excluding hydrogens is 456 g/mol. The van der Waals surface area contributed by atoms with Gasteiger partial charge in [-0.25, -0.2) is 0 Å². The van der Waals surface area contributed by atoms with Crippen LogP contribution < -0.4 is 10.1 Å². The highest BCUT2D eigenvalue weighted by molar-refractivity contribution is 6.25. The van der Waals surface area contributed by atoms with E-state index in [1.54, 1.807) is 12.1 Å². The number of benzene rings is 2. The third kappa shape index (κ3) is 4.93. The van der Waals surface area contributed by atoms with Crippen molar-refractivity contribution in [1.82, 2.24) is 10.2 Å². The molecule has 186 valence electrons. The first-order valence-corrected chi connectivity index (χ1v) is 12.5. The van der Waals surface area contributed by atoms with Gasteiger partial charge in [-0.05, 0) is 49.6 Å². The quantitative estimate of drug-likeness (QED) is 0.471. The van der Waals surface area contributed by atoms with Crippen LogP contribution in [0, 0.1) is 0 Å². The van der Waals surface area contributed by atoms with Crippen molar-refractivity contribution in [3.05, 3.63) is 83.8 Å². The van der Waals surface area contributed by atoms with E-state index in [0.29, 0.717) is 34.8 Å². The molecule has 1 saturated carbocycles. The fourth-order valence-electron chi connectivity index (χ4n) is 4.96. The molecule has 1 aromatic heterocycles. The molecule has 2 N–H and O–H groups in total. The van der Waals surface area contributed by atoms with E-state index in [1.807, 2.05) is 54.6 Å². The molecule has 2 heterocycles. The van der Waals surface area contributed by atoms with Gasteiger partial charge in [0.2, 0.25) is 0 Å². The van der Waals surface area contributed by atoms with Crippen LogP contribution in [0.15, 0.2) is 71.3 Å². The standard InChI is InChI=1S/C29H30N2O5/c32-17-8-16-31(27(26-15-7-18-35-26)28(33)30-21-10-2-3-11-21)29(34)23-19-20-9-1-5-13-24(20)36-25-14-6-4-12-22(23)25/h1,4-7,9,12-15,18-19,21,27,32H,2-3,8,10-11,16-17H2,(H,30,33). The van der Waals surface area contributed by atoms with E-state index < -0.39 is 6.04 Å². The van der Waals surface area contributed by atoms with Crippen molar-refractivity contribution >= 4 is 23.5 Å². The van der Waals surface area contributed by atoms with Gasteiger partial charge in [-0.1, -0.05) is 49.2 Å². The van der Waals surface area contributed by atoms with Gasteiger partial charge in [-0.2, -0.15) is 0 Å². The molecule has 0 saturated heterocycles. The normalized spacial score (nSPS) is 15.6. The van der Waals surface area contributed by atoms with Crippen molar-refractivity contribution in [2.75, 3.05) is 13.2 Å². The summed E-state index contributed by atoms with van der Waals surface area (Å²) in [6, 6.07) is 17.5. The summed E-state index contributed by atoms with van der Waals surface area (Å²) < 4.78 is 11.8. The summed E-state index contributed by atoms with van der Waals surface area (Å²) in [5.41, 5.74) is 1.82. The van der Waals surface area contributed by atoms with E-state index in [9.17, 15) is 14.7 Å². The summed E-state index contributed by atoms with van der Waals surface area (Å²) in [5.74, 6) is 0.989. The Morgan fingerprint density at radius 2 is 1.75 bits per heavy atom. The lowest BCUT2D eigenvalue weighted by Crippen LogP contribution is -2.46. The topological polar surface area (TPSA) is 92.0 Å². The van der Waals surface area contributed by atoms with Crippen molar-refractivity contribution in [3.8, 4) is 11.5 Å². The van der Waals surface area contributed by atoms with E-state index in [4.69, 9.17) is 9.15 Å². The Morgan fingerprint density at radius 1 is 1.00 bits per heavy atom. The molecule has 36 heavy (non-hydrogen) atoms. The summed E-state index contributed by atoms with van der Waals surface area (Å²) >= 11 is 0. The zero-order chi connectivity index (χ0) is 24.9. The number of aliphatic hydroxyl groups excluding tert-OH is 1. The molecule has 1 unspecified atom stereocenters. The van der Waals surface area contributed by atoms with Crippen LogP contribution in [-0.4, -0.2) is 41.0 Å². The monoisotopic (exact) mass is 486 g/mol. The van der Waals surface area contributed by atoms with Gasteiger partial charge in [-0.15, -0.1) is 0 Å². The van der Waals surface area contributed by atoms with Gasteiger partial charge in [0.25, 0.3) is 11.8 Å². The highest BCUT2D eigenvalue weighted by Gasteiger charge is 2.37. The Morgan fingerprint density at radius 3 is 2.50 bits per heavy atom. The van der Waals surface area contributed by atoms with Crippen molar-refractivity contribution < 1.29 is 23.8 Å². The molecule has 2 amide bonds. The van der Waals surface area contributed by atoms with Crippen molar-refractivity contribution in [2.24, 2.45) is 0 Å². The highest BCUT2D eigenvalue weighted by atomic mass is 16.5. The number of aliphatic hydroxyl groups is 1. The number of carbonyl (C=O) groups excluding carboxylic acids is 2. The lowest BCUT2D eigenvalue weighted by atomic mass is 9.99. The van der Waals surface area contributed by atoms with Crippen LogP contribution in [0.3, 0.4) is 0 Å². The zero-order valence-electron chi connectivity index (χ0n) is 20.1. The maximum Gasteiger partial charge on any atom is 0.255 e. The van der Waals surface area contributed by atoms with Gasteiger partial charge in [0, 0.05) is 30.3 Å². The molecule has 2 aromatic carbocycles. The van der Waals surface area contributed by atoms with Gasteiger partial charge in [0.1, 0.15) is 17.3 Å². The first kappa shape index (κ1) is 23.9. The molecule has 0 radical (unpaired) electrons. The molecule has 7 heteroatoms. The minimum Gasteiger partial charge on any atom is -0.467 e. The lowest BCUT2D eigenvalue weighted by Gasteiger charge is -2.31. The molecule has 2 aliphatic rings. The number of furan rings is 1. The van der Waals surface area contributed by atoms with Crippen LogP contribution in [0.25, 0.3) is 11.6 Å². The van der Waals surface area contributed by atoms with Crippen molar-refractivity contribution in [3.63, 3.8) is 0 Å². The maximum absolute atomic E-state index is 14.3. The minimum absolute atomic E-state index is 0.0860. The van der Waals surface area contributed by atoms with Gasteiger partial charge < -0.3 is 24.5 Å². The van der Waals surface area contributed by atoms with Crippen molar-refractivity contribution in [1.29, 1.82) is 0 Å². The number of nitrogens with one attached hydrogen (secondary N) is 1. The summed E-state index contributed by atoms with van der Waals surface area (Å²) in [6.45, 7) is 0.0707. The van der Waals surface area contributed by atoms with E-state index in [2.05, 4.69) is 5.32 Å². The van der Waals surface area contributed by atoms with Gasteiger partial charge in [-0.3, -0.25) is 9.59 Å². The molecule has 3 aromatic rings. The molecular formula is C29H30N2O5. The van der Waals surface area contributed by atoms with Crippen LogP contribution in [0.5, 0.6) is 11.5 Å². The number of amides is 2. The number of ether oxygens (including phenoxy) is 1. The Labute approximate surface area is 210 Å². The molecule has 5 rings (SSSR count). The highest BCUT2D eigenvalue weighted by Crippen LogP contribution is 2.39. The molecule has 1 aliphatic heterocycles. The number of hydrogen-bond donors (Lipinski definition) is 2. The molecule has 7 nitrogen and oxygen atoms in total. The lowest BCUT2D eigenvalue weighted by molar-refractivity contribution is -0.138. The van der Waals surface area contributed by atoms with Crippen LogP contribution >= 0.6 is 0 Å². The zero-order valence-corrected chi connectivity index (χ0v) is 20.1. The van der Waals surface area contributed by atoms with Crippen molar-refractivity contribution in [2.45, 2.75) is 44.2 Å². The minimum atomic E-state index is -0.966. The fourth-order valence-corrected chi connectivity index (χ4v) is 4.96. The second-order valence-electron chi connectivity index (χ2n) is 9.18. The van der Waals surface area contributed by atoms with Crippen LogP contribution in [0.4, 0.5) is 0 Å². The molecule has 1 fully saturated rings. The predicted octanol–water partition coefficient (Wildman–Crippen LogP) is 4.94. The van der Waals surface area contributed by atoms with E-state index in [1.165, 1.54) is 11.2 Å². The average molecular weight is 487 g/mol. The number of hydrogen-bond acceptors (Lipinski definition) is 5. The molecule has 0 spiro atoms. The SMILES string of the molecule is O=C(NC1CCCC1)C(c1ccco1)N(CCCO)C(=O)C1=Cc2ccccc2Oc2ccccc21. The Hall–Kier alpha value is -3.84. The van der Waals surface area contributed by atoms with Crippen LogP contribution in [0.1, 0.15) is 55.0 Å². The molecule has 0 bridgehead atoms. The second kappa shape index (κ2) is 10.8. The summed E-state index contributed by atoms with van der Waals surface area (Å²) in [6.07, 6.45) is 7.64. The Bertz CT molecular complexity index is 1240. The Kier molecular flexibility index (Phi) is 7.18. The fraction of sp³-hybridized carbons (Fsp3) is 0.310. The first-order valence-electron chi connectivity index (χ1n) is 12.5. The average Bonchev–Trinajstić information content (AvgIpc) is 3.58. The maximum atomic E-state index is 14.3. The molecule has 1 atom stereocenters.